The maximum atomic E-state index is 5.87. The Morgan fingerprint density at radius 3 is 2.47 bits per heavy atom. The fraction of sp³-hybridized carbons (Fsp3) is 0.435. The molecular formula is C23H34IN3O3. The maximum absolute atomic E-state index is 5.87. The van der Waals surface area contributed by atoms with Crippen LogP contribution in [0.25, 0.3) is 0 Å². The van der Waals surface area contributed by atoms with E-state index in [2.05, 4.69) is 41.8 Å². The van der Waals surface area contributed by atoms with Crippen LogP contribution in [0.5, 0.6) is 5.75 Å². The van der Waals surface area contributed by atoms with Crippen LogP contribution in [0.1, 0.15) is 29.7 Å². The Labute approximate surface area is 197 Å². The van der Waals surface area contributed by atoms with E-state index in [-0.39, 0.29) is 30.1 Å². The lowest BCUT2D eigenvalue weighted by atomic mass is 10.1. The molecule has 0 saturated heterocycles. The molecular weight excluding hydrogens is 493 g/mol. The fourth-order valence-electron chi connectivity index (χ4n) is 2.86. The number of guanidine groups is 1. The number of rotatable bonds is 11. The van der Waals surface area contributed by atoms with Gasteiger partial charge in [0.2, 0.25) is 0 Å². The van der Waals surface area contributed by atoms with Crippen molar-refractivity contribution in [1.29, 1.82) is 0 Å². The third kappa shape index (κ3) is 8.89. The quantitative estimate of drug-likeness (QED) is 0.200. The number of hydrogen-bond acceptors (Lipinski definition) is 4. The summed E-state index contributed by atoms with van der Waals surface area (Å²) in [5.74, 6) is 1.59. The number of nitrogens with zero attached hydrogens (tertiary/aromatic N) is 1. The van der Waals surface area contributed by atoms with Crippen molar-refractivity contribution in [1.82, 2.24) is 10.6 Å². The first-order valence-electron chi connectivity index (χ1n) is 9.99. The first kappa shape index (κ1) is 26.2. The number of aryl methyl sites for hydroxylation is 1. The zero-order chi connectivity index (χ0) is 20.9. The Morgan fingerprint density at radius 1 is 1.03 bits per heavy atom. The number of benzene rings is 2. The smallest absolute Gasteiger partial charge is 0.191 e. The average Bonchev–Trinajstić information content (AvgIpc) is 2.74. The Bertz CT molecular complexity index is 757. The second kappa shape index (κ2) is 15.0. The lowest BCUT2D eigenvalue weighted by Gasteiger charge is -2.19. The van der Waals surface area contributed by atoms with Crippen LogP contribution in [0.4, 0.5) is 0 Å². The van der Waals surface area contributed by atoms with Crippen LogP contribution < -0.4 is 15.4 Å². The lowest BCUT2D eigenvalue weighted by molar-refractivity contribution is 0.106. The zero-order valence-corrected chi connectivity index (χ0v) is 20.6. The standard InChI is InChI=1S/C23H33N3O3.HI/c1-5-24-23(26-17-22(28-4)19-9-7-6-8-10-19)25-16-20-12-11-18(2)15-21(20)29-14-13-27-3;/h6-12,15,22H,5,13-14,16-17H2,1-4H3,(H2,24,25,26);1H. The highest BCUT2D eigenvalue weighted by atomic mass is 127. The minimum absolute atomic E-state index is 0. The third-order valence-corrected chi connectivity index (χ3v) is 4.43. The summed E-state index contributed by atoms with van der Waals surface area (Å²) in [4.78, 5) is 4.73. The van der Waals surface area contributed by atoms with Gasteiger partial charge in [0.15, 0.2) is 5.96 Å². The summed E-state index contributed by atoms with van der Waals surface area (Å²) in [6.07, 6.45) is -0.0487. The Hall–Kier alpha value is -1.84. The van der Waals surface area contributed by atoms with Crippen molar-refractivity contribution in [2.24, 2.45) is 4.99 Å². The summed E-state index contributed by atoms with van der Waals surface area (Å²) in [7, 11) is 3.39. The normalized spacial score (nSPS) is 12.1. The zero-order valence-electron chi connectivity index (χ0n) is 18.3. The van der Waals surface area contributed by atoms with Crippen LogP contribution in [0.3, 0.4) is 0 Å². The van der Waals surface area contributed by atoms with Crippen LogP contribution in [-0.4, -0.2) is 46.5 Å². The highest BCUT2D eigenvalue weighted by Crippen LogP contribution is 2.21. The first-order valence-corrected chi connectivity index (χ1v) is 9.99. The minimum Gasteiger partial charge on any atom is -0.491 e. The molecule has 2 N–H and O–H groups in total. The van der Waals surface area contributed by atoms with E-state index in [0.29, 0.717) is 26.3 Å². The molecule has 2 aromatic carbocycles. The van der Waals surface area contributed by atoms with E-state index in [1.165, 1.54) is 0 Å². The summed E-state index contributed by atoms with van der Waals surface area (Å²) in [6, 6.07) is 16.3. The van der Waals surface area contributed by atoms with Crippen molar-refractivity contribution >= 4 is 29.9 Å². The number of ether oxygens (including phenoxy) is 3. The van der Waals surface area contributed by atoms with E-state index >= 15 is 0 Å². The molecule has 166 valence electrons. The van der Waals surface area contributed by atoms with Crippen molar-refractivity contribution in [2.75, 3.05) is 40.5 Å². The van der Waals surface area contributed by atoms with Crippen molar-refractivity contribution in [2.45, 2.75) is 26.5 Å². The van der Waals surface area contributed by atoms with E-state index < -0.39 is 0 Å². The number of aliphatic imine (C=N–C) groups is 1. The van der Waals surface area contributed by atoms with Gasteiger partial charge in [0.25, 0.3) is 0 Å². The minimum atomic E-state index is -0.0487. The molecule has 0 heterocycles. The predicted molar refractivity (Wildman–Crippen MR) is 133 cm³/mol. The molecule has 1 atom stereocenters. The molecule has 0 aromatic heterocycles. The first-order chi connectivity index (χ1) is 14.2. The van der Waals surface area contributed by atoms with Crippen molar-refractivity contribution in [3.05, 3.63) is 65.2 Å². The van der Waals surface area contributed by atoms with E-state index in [0.717, 1.165) is 34.9 Å². The number of methoxy groups -OCH3 is 2. The molecule has 0 fully saturated rings. The SMILES string of the molecule is CCNC(=NCc1ccc(C)cc1OCCOC)NCC(OC)c1ccccc1.I. The molecule has 0 radical (unpaired) electrons. The molecule has 0 saturated carbocycles. The molecule has 6 nitrogen and oxygen atoms in total. The van der Waals surface area contributed by atoms with Gasteiger partial charge in [-0.15, -0.1) is 24.0 Å². The second-order valence-electron chi connectivity index (χ2n) is 6.66. The molecule has 2 rings (SSSR count). The van der Waals surface area contributed by atoms with Gasteiger partial charge in [0.05, 0.1) is 19.3 Å². The third-order valence-electron chi connectivity index (χ3n) is 4.43. The Morgan fingerprint density at radius 2 is 1.80 bits per heavy atom. The molecule has 0 aliphatic heterocycles. The molecule has 2 aromatic rings. The number of halogens is 1. The van der Waals surface area contributed by atoms with Gasteiger partial charge in [-0.1, -0.05) is 42.5 Å². The van der Waals surface area contributed by atoms with Gasteiger partial charge >= 0.3 is 0 Å². The summed E-state index contributed by atoms with van der Waals surface area (Å²) < 4.78 is 16.6. The molecule has 0 bridgehead atoms. The molecule has 0 aliphatic rings. The molecule has 7 heteroatoms. The molecule has 0 aliphatic carbocycles. The fourth-order valence-corrected chi connectivity index (χ4v) is 2.86. The van der Waals surface area contributed by atoms with Crippen LogP contribution in [0.2, 0.25) is 0 Å². The molecule has 30 heavy (non-hydrogen) atoms. The van der Waals surface area contributed by atoms with Crippen LogP contribution >= 0.6 is 24.0 Å². The topological polar surface area (TPSA) is 64.1 Å². The number of hydrogen-bond donors (Lipinski definition) is 2. The van der Waals surface area contributed by atoms with Gasteiger partial charge in [0.1, 0.15) is 12.4 Å². The highest BCUT2D eigenvalue weighted by molar-refractivity contribution is 14.0. The predicted octanol–water partition coefficient (Wildman–Crippen LogP) is 4.08. The van der Waals surface area contributed by atoms with Gasteiger partial charge in [0, 0.05) is 32.9 Å². The highest BCUT2D eigenvalue weighted by Gasteiger charge is 2.11. The summed E-state index contributed by atoms with van der Waals surface area (Å²) >= 11 is 0. The van der Waals surface area contributed by atoms with Crippen LogP contribution in [0, 0.1) is 6.92 Å². The van der Waals surface area contributed by atoms with Gasteiger partial charge in [-0.05, 0) is 31.0 Å². The van der Waals surface area contributed by atoms with Crippen molar-refractivity contribution in [3.63, 3.8) is 0 Å². The summed E-state index contributed by atoms with van der Waals surface area (Å²) in [5, 5.41) is 6.67. The van der Waals surface area contributed by atoms with E-state index in [9.17, 15) is 0 Å². The van der Waals surface area contributed by atoms with Crippen LogP contribution in [-0.2, 0) is 16.0 Å². The van der Waals surface area contributed by atoms with E-state index in [1.54, 1.807) is 14.2 Å². The number of nitrogens with one attached hydrogen (secondary N) is 2. The summed E-state index contributed by atoms with van der Waals surface area (Å²) in [6.45, 7) is 7.09. The van der Waals surface area contributed by atoms with Gasteiger partial charge < -0.3 is 24.8 Å². The van der Waals surface area contributed by atoms with Crippen LogP contribution in [0.15, 0.2) is 53.5 Å². The van der Waals surface area contributed by atoms with Gasteiger partial charge in [-0.25, -0.2) is 4.99 Å². The summed E-state index contributed by atoms with van der Waals surface area (Å²) in [5.41, 5.74) is 3.32. The van der Waals surface area contributed by atoms with E-state index in [1.807, 2.05) is 31.2 Å². The average molecular weight is 527 g/mol. The molecule has 0 amide bonds. The monoisotopic (exact) mass is 527 g/mol. The molecule has 0 spiro atoms. The van der Waals surface area contributed by atoms with E-state index in [4.69, 9.17) is 19.2 Å². The van der Waals surface area contributed by atoms with Crippen molar-refractivity contribution < 1.29 is 14.2 Å². The Kier molecular flexibility index (Phi) is 13.1. The van der Waals surface area contributed by atoms with Gasteiger partial charge in [-0.3, -0.25) is 0 Å². The molecule has 1 unspecified atom stereocenters. The lowest BCUT2D eigenvalue weighted by Crippen LogP contribution is -2.39. The largest absolute Gasteiger partial charge is 0.491 e. The maximum Gasteiger partial charge on any atom is 0.191 e. The van der Waals surface area contributed by atoms with Gasteiger partial charge in [-0.2, -0.15) is 0 Å². The van der Waals surface area contributed by atoms with Crippen molar-refractivity contribution in [3.8, 4) is 5.75 Å². The second-order valence-corrected chi connectivity index (χ2v) is 6.66. The Balaban J connectivity index is 0.00000450.